The lowest BCUT2D eigenvalue weighted by molar-refractivity contribution is 0.393. The summed E-state index contributed by atoms with van der Waals surface area (Å²) >= 11 is 1.42. The van der Waals surface area contributed by atoms with Gasteiger partial charge in [-0.05, 0) is 29.8 Å². The van der Waals surface area contributed by atoms with Crippen LogP contribution >= 0.6 is 11.8 Å². The van der Waals surface area contributed by atoms with Crippen LogP contribution in [0, 0.1) is 5.95 Å². The molecular weight excluding hydrogens is 351 g/mol. The van der Waals surface area contributed by atoms with Gasteiger partial charge in [-0.25, -0.2) is 9.98 Å². The van der Waals surface area contributed by atoms with Crippen molar-refractivity contribution in [3.8, 4) is 11.5 Å². The van der Waals surface area contributed by atoms with E-state index < -0.39 is 11.5 Å². The second-order valence-corrected chi connectivity index (χ2v) is 7.22. The summed E-state index contributed by atoms with van der Waals surface area (Å²) in [4.78, 5) is 12.7. The lowest BCUT2D eigenvalue weighted by Crippen LogP contribution is -2.32. The van der Waals surface area contributed by atoms with Gasteiger partial charge in [0.05, 0.1) is 11.4 Å². The van der Waals surface area contributed by atoms with Gasteiger partial charge in [-0.1, -0.05) is 30.0 Å². The topological polar surface area (TPSA) is 73.4 Å². The summed E-state index contributed by atoms with van der Waals surface area (Å²) in [5.41, 5.74) is 7.89. The first-order valence-electron chi connectivity index (χ1n) is 8.04. The molecule has 0 amide bonds. The van der Waals surface area contributed by atoms with Gasteiger partial charge in [-0.2, -0.15) is 4.39 Å². The third-order valence-electron chi connectivity index (χ3n) is 4.67. The molecule has 5 rings (SSSR count). The van der Waals surface area contributed by atoms with E-state index >= 15 is 0 Å². The first-order valence-corrected chi connectivity index (χ1v) is 8.92. The van der Waals surface area contributed by atoms with Crippen LogP contribution in [0.5, 0.6) is 11.5 Å². The van der Waals surface area contributed by atoms with E-state index in [0.29, 0.717) is 16.7 Å². The SMILES string of the molecule is NC1=NC2(c3ccccc3Oc3cnccc32)C(c2ccnc(F)c2)S1. The largest absolute Gasteiger partial charge is 0.455 e. The molecule has 0 saturated heterocycles. The summed E-state index contributed by atoms with van der Waals surface area (Å²) in [6.45, 7) is 0. The maximum atomic E-state index is 13.8. The minimum atomic E-state index is -0.810. The van der Waals surface area contributed by atoms with Crippen molar-refractivity contribution in [3.05, 3.63) is 83.7 Å². The zero-order valence-corrected chi connectivity index (χ0v) is 14.3. The van der Waals surface area contributed by atoms with Gasteiger partial charge in [0.2, 0.25) is 5.95 Å². The fourth-order valence-corrected chi connectivity index (χ4v) is 4.87. The van der Waals surface area contributed by atoms with E-state index in [1.165, 1.54) is 24.0 Å². The summed E-state index contributed by atoms with van der Waals surface area (Å²) in [6, 6.07) is 12.8. The van der Waals surface area contributed by atoms with Gasteiger partial charge in [-0.3, -0.25) is 4.98 Å². The number of nitrogens with zero attached hydrogens (tertiary/aromatic N) is 3. The molecule has 1 aromatic carbocycles. The van der Waals surface area contributed by atoms with Crippen molar-refractivity contribution in [1.29, 1.82) is 0 Å². The van der Waals surface area contributed by atoms with Crippen LogP contribution in [0.4, 0.5) is 4.39 Å². The first-order chi connectivity index (χ1) is 12.7. The Bertz CT molecular complexity index is 1010. The molecule has 2 aliphatic heterocycles. The van der Waals surface area contributed by atoms with Gasteiger partial charge >= 0.3 is 0 Å². The zero-order valence-electron chi connectivity index (χ0n) is 13.5. The molecule has 3 aromatic rings. The summed E-state index contributed by atoms with van der Waals surface area (Å²) in [5.74, 6) is 0.801. The van der Waals surface area contributed by atoms with Crippen molar-refractivity contribution in [2.24, 2.45) is 10.7 Å². The van der Waals surface area contributed by atoms with Crippen LogP contribution in [0.15, 0.2) is 66.0 Å². The highest BCUT2D eigenvalue weighted by Gasteiger charge is 2.53. The number of fused-ring (bicyclic) bond motifs is 4. The molecule has 128 valence electrons. The maximum Gasteiger partial charge on any atom is 0.213 e. The van der Waals surface area contributed by atoms with Crippen LogP contribution in [0.3, 0.4) is 0 Å². The van der Waals surface area contributed by atoms with Crippen molar-refractivity contribution in [2.45, 2.75) is 10.8 Å². The van der Waals surface area contributed by atoms with Crippen LogP contribution in [0.1, 0.15) is 21.9 Å². The molecule has 0 radical (unpaired) electrons. The van der Waals surface area contributed by atoms with Crippen LogP contribution in [0.2, 0.25) is 0 Å². The number of thioether (sulfide) groups is 1. The molecule has 2 N–H and O–H groups in total. The molecule has 2 aliphatic rings. The van der Waals surface area contributed by atoms with Crippen molar-refractivity contribution < 1.29 is 9.13 Å². The van der Waals surface area contributed by atoms with Gasteiger partial charge in [0, 0.05) is 23.5 Å². The molecule has 2 atom stereocenters. The molecule has 0 saturated carbocycles. The lowest BCUT2D eigenvalue weighted by atomic mass is 9.76. The molecule has 0 fully saturated rings. The van der Waals surface area contributed by atoms with E-state index in [1.54, 1.807) is 18.5 Å². The molecule has 4 heterocycles. The van der Waals surface area contributed by atoms with Crippen LogP contribution in [-0.4, -0.2) is 15.1 Å². The Balaban J connectivity index is 1.83. The van der Waals surface area contributed by atoms with Crippen LogP contribution in [0.25, 0.3) is 0 Å². The number of pyridine rings is 2. The number of hydrogen-bond acceptors (Lipinski definition) is 6. The Labute approximate surface area is 153 Å². The van der Waals surface area contributed by atoms with Gasteiger partial charge in [0.1, 0.15) is 11.3 Å². The zero-order chi connectivity index (χ0) is 17.7. The predicted octanol–water partition coefficient (Wildman–Crippen LogP) is 3.77. The number of halogens is 1. The molecule has 0 aliphatic carbocycles. The highest BCUT2D eigenvalue weighted by Crippen LogP contribution is 2.61. The quantitative estimate of drug-likeness (QED) is 0.666. The van der Waals surface area contributed by atoms with Crippen molar-refractivity contribution in [2.75, 3.05) is 0 Å². The van der Waals surface area contributed by atoms with E-state index in [4.69, 9.17) is 15.5 Å². The summed E-state index contributed by atoms with van der Waals surface area (Å²) in [5, 5.41) is 0.206. The third kappa shape index (κ3) is 2.07. The number of benzene rings is 1. The number of amidine groups is 1. The van der Waals surface area contributed by atoms with Crippen LogP contribution in [-0.2, 0) is 5.54 Å². The number of aromatic nitrogens is 2. The minimum absolute atomic E-state index is 0.244. The Morgan fingerprint density at radius 3 is 2.81 bits per heavy atom. The Kier molecular flexibility index (Phi) is 3.27. The fourth-order valence-electron chi connectivity index (χ4n) is 3.67. The Morgan fingerprint density at radius 1 is 1.08 bits per heavy atom. The number of aliphatic imine (C=N–C) groups is 1. The minimum Gasteiger partial charge on any atom is -0.455 e. The maximum absolute atomic E-state index is 13.8. The van der Waals surface area contributed by atoms with Gasteiger partial charge in [0.15, 0.2) is 10.9 Å². The number of nitrogens with two attached hydrogens (primary N) is 1. The van der Waals surface area contributed by atoms with E-state index in [-0.39, 0.29) is 5.25 Å². The third-order valence-corrected chi connectivity index (χ3v) is 5.85. The average Bonchev–Trinajstić information content (AvgIpc) is 3.00. The van der Waals surface area contributed by atoms with E-state index in [2.05, 4.69) is 9.97 Å². The number of para-hydroxylation sites is 1. The van der Waals surface area contributed by atoms with Gasteiger partial charge in [-0.15, -0.1) is 0 Å². The number of hydrogen-bond donors (Lipinski definition) is 1. The average molecular weight is 364 g/mol. The first kappa shape index (κ1) is 15.3. The van der Waals surface area contributed by atoms with E-state index in [1.807, 2.05) is 30.3 Å². The van der Waals surface area contributed by atoms with E-state index in [9.17, 15) is 4.39 Å². The molecule has 5 nitrogen and oxygen atoms in total. The molecule has 2 unspecified atom stereocenters. The second-order valence-electron chi connectivity index (χ2n) is 6.10. The van der Waals surface area contributed by atoms with Crippen molar-refractivity contribution in [1.82, 2.24) is 9.97 Å². The normalized spacial score (nSPS) is 23.1. The fraction of sp³-hybridized carbons (Fsp3) is 0.105. The Hall–Kier alpha value is -2.93. The highest BCUT2D eigenvalue weighted by atomic mass is 32.2. The van der Waals surface area contributed by atoms with E-state index in [0.717, 1.165) is 16.7 Å². The summed E-state index contributed by atoms with van der Waals surface area (Å²) in [7, 11) is 0. The molecule has 1 spiro atoms. The molecule has 7 heteroatoms. The van der Waals surface area contributed by atoms with Crippen LogP contribution < -0.4 is 10.5 Å². The monoisotopic (exact) mass is 364 g/mol. The van der Waals surface area contributed by atoms with Crippen molar-refractivity contribution >= 4 is 16.9 Å². The highest BCUT2D eigenvalue weighted by molar-refractivity contribution is 8.14. The molecule has 26 heavy (non-hydrogen) atoms. The number of ether oxygens (including phenoxy) is 1. The molecule has 0 bridgehead atoms. The molecule has 2 aromatic heterocycles. The van der Waals surface area contributed by atoms with Gasteiger partial charge in [0.25, 0.3) is 0 Å². The standard InChI is InChI=1S/C19H13FN4OS/c20-16-9-11(5-8-23-16)17-19(24-18(21)26-17)12-3-1-2-4-14(12)25-15-10-22-7-6-13(15)19/h1-10,17H,(H2,21,24). The predicted molar refractivity (Wildman–Crippen MR) is 97.7 cm³/mol. The lowest BCUT2D eigenvalue weighted by Gasteiger charge is -2.38. The smallest absolute Gasteiger partial charge is 0.213 e. The van der Waals surface area contributed by atoms with Crippen molar-refractivity contribution in [3.63, 3.8) is 0 Å². The summed E-state index contributed by atoms with van der Waals surface area (Å²) < 4.78 is 19.9. The second kappa shape index (κ2) is 5.54. The number of rotatable bonds is 1. The summed E-state index contributed by atoms with van der Waals surface area (Å²) in [6.07, 6.45) is 4.84. The van der Waals surface area contributed by atoms with Gasteiger partial charge < -0.3 is 10.5 Å². The Morgan fingerprint density at radius 2 is 1.92 bits per heavy atom. The molecular formula is C19H13FN4OS.